The molecule has 1 heterocycles. The summed E-state index contributed by atoms with van der Waals surface area (Å²) in [6.45, 7) is 15.3. The smallest absolute Gasteiger partial charge is 0.235 e. The van der Waals surface area contributed by atoms with Crippen molar-refractivity contribution in [3.8, 4) is 5.88 Å². The number of fused-ring (bicyclic) bond motifs is 1. The molecule has 32 heavy (non-hydrogen) atoms. The maximum Gasteiger partial charge on any atom is 0.235 e. The molecule has 0 aliphatic rings. The van der Waals surface area contributed by atoms with Gasteiger partial charge in [-0.15, -0.1) is 0 Å². The predicted octanol–water partition coefficient (Wildman–Crippen LogP) is 8.24. The van der Waals surface area contributed by atoms with E-state index < -0.39 is 8.32 Å². The van der Waals surface area contributed by atoms with Gasteiger partial charge in [0.15, 0.2) is 8.32 Å². The van der Waals surface area contributed by atoms with Crippen LogP contribution < -0.4 is 4.74 Å². The van der Waals surface area contributed by atoms with Crippen molar-refractivity contribution in [2.45, 2.75) is 110 Å². The first kappa shape index (κ1) is 26.8. The van der Waals surface area contributed by atoms with Crippen LogP contribution in [0.4, 0.5) is 0 Å². The number of para-hydroxylation sites is 2. The molecule has 0 atom stereocenters. The highest BCUT2D eigenvalue weighted by atomic mass is 28.4. The minimum Gasteiger partial charge on any atom is -0.476 e. The van der Waals surface area contributed by atoms with Gasteiger partial charge in [0.05, 0.1) is 17.6 Å². The van der Waals surface area contributed by atoms with Gasteiger partial charge in [-0.3, -0.25) is 0 Å². The molecule has 0 saturated heterocycles. The lowest BCUT2D eigenvalue weighted by Gasteiger charge is -2.36. The second-order valence-electron chi connectivity index (χ2n) is 10.6. The number of nitrogens with zero attached hydrogens (tertiary/aromatic N) is 2. The van der Waals surface area contributed by atoms with E-state index in [4.69, 9.17) is 9.16 Å². The minimum absolute atomic E-state index is 0.322. The van der Waals surface area contributed by atoms with Crippen LogP contribution in [0.2, 0.25) is 18.1 Å². The van der Waals surface area contributed by atoms with Crippen molar-refractivity contribution < 1.29 is 9.16 Å². The summed E-state index contributed by atoms with van der Waals surface area (Å²) in [5.74, 6) is 0.679. The quantitative estimate of drug-likeness (QED) is 0.199. The molecule has 0 saturated carbocycles. The van der Waals surface area contributed by atoms with Crippen LogP contribution >= 0.6 is 0 Å². The summed E-state index contributed by atoms with van der Waals surface area (Å²) in [6, 6.07) is 7.95. The Bertz CT molecular complexity index is 802. The molecule has 5 heteroatoms. The molecule has 1 aromatic carbocycles. The monoisotopic (exact) mass is 458 g/mol. The van der Waals surface area contributed by atoms with E-state index in [2.05, 4.69) is 43.8 Å². The Hall–Kier alpha value is -1.46. The van der Waals surface area contributed by atoms with E-state index in [9.17, 15) is 0 Å². The van der Waals surface area contributed by atoms with Crippen LogP contribution in [-0.2, 0) is 4.43 Å². The van der Waals surface area contributed by atoms with Gasteiger partial charge in [-0.25, -0.2) is 9.97 Å². The van der Waals surface area contributed by atoms with E-state index in [1.165, 1.54) is 57.8 Å². The first-order valence-electron chi connectivity index (χ1n) is 12.7. The standard InChI is InChI=1S/C27H46N2O2Si/c1-23-26(29-25-20-16-15-19-24(25)28-23)30-21-17-13-11-9-7-8-10-12-14-18-22-31-32(5,6)27(2,3)4/h15-16,19-20H,7-14,17-18,21-22H2,1-6H3. The molecule has 2 rings (SSSR count). The summed E-state index contributed by atoms with van der Waals surface area (Å²) in [5.41, 5.74) is 2.70. The third-order valence-electron chi connectivity index (χ3n) is 6.75. The summed E-state index contributed by atoms with van der Waals surface area (Å²) < 4.78 is 12.2. The van der Waals surface area contributed by atoms with Gasteiger partial charge in [0, 0.05) is 6.61 Å². The maximum absolute atomic E-state index is 6.26. The average Bonchev–Trinajstić information content (AvgIpc) is 2.73. The lowest BCUT2D eigenvalue weighted by atomic mass is 10.1. The van der Waals surface area contributed by atoms with Gasteiger partial charge in [0.1, 0.15) is 5.69 Å². The normalized spacial score (nSPS) is 12.4. The molecule has 0 aliphatic carbocycles. The van der Waals surface area contributed by atoms with Gasteiger partial charge in [0.25, 0.3) is 0 Å². The second-order valence-corrected chi connectivity index (χ2v) is 15.4. The van der Waals surface area contributed by atoms with Crippen molar-refractivity contribution in [3.05, 3.63) is 30.0 Å². The number of hydrogen-bond donors (Lipinski definition) is 0. The third kappa shape index (κ3) is 9.19. The van der Waals surface area contributed by atoms with Crippen molar-refractivity contribution in [2.24, 2.45) is 0 Å². The molecule has 180 valence electrons. The van der Waals surface area contributed by atoms with E-state index >= 15 is 0 Å². The van der Waals surface area contributed by atoms with Crippen LogP contribution in [-0.4, -0.2) is 31.5 Å². The highest BCUT2D eigenvalue weighted by Crippen LogP contribution is 2.36. The van der Waals surface area contributed by atoms with E-state index in [0.29, 0.717) is 10.9 Å². The largest absolute Gasteiger partial charge is 0.476 e. The lowest BCUT2D eigenvalue weighted by Crippen LogP contribution is -2.40. The Kier molecular flexibility index (Phi) is 11.1. The Morgan fingerprint density at radius 3 is 1.72 bits per heavy atom. The van der Waals surface area contributed by atoms with E-state index in [1.54, 1.807) is 0 Å². The molecule has 0 spiro atoms. The number of hydrogen-bond acceptors (Lipinski definition) is 4. The third-order valence-corrected chi connectivity index (χ3v) is 11.3. The lowest BCUT2D eigenvalue weighted by molar-refractivity contribution is 0.277. The highest BCUT2D eigenvalue weighted by molar-refractivity contribution is 6.74. The number of unbranched alkanes of at least 4 members (excludes halogenated alkanes) is 9. The molecule has 4 nitrogen and oxygen atoms in total. The van der Waals surface area contributed by atoms with Crippen LogP contribution in [0.25, 0.3) is 11.0 Å². The molecule has 0 N–H and O–H groups in total. The zero-order valence-corrected chi connectivity index (χ0v) is 22.5. The summed E-state index contributed by atoms with van der Waals surface area (Å²) >= 11 is 0. The molecule has 2 aromatic rings. The van der Waals surface area contributed by atoms with Gasteiger partial charge in [-0.05, 0) is 50.0 Å². The van der Waals surface area contributed by atoms with Crippen LogP contribution in [0.5, 0.6) is 5.88 Å². The van der Waals surface area contributed by atoms with Crippen LogP contribution in [0, 0.1) is 6.92 Å². The fourth-order valence-electron chi connectivity index (χ4n) is 3.54. The van der Waals surface area contributed by atoms with Gasteiger partial charge in [-0.1, -0.05) is 84.3 Å². The van der Waals surface area contributed by atoms with Gasteiger partial charge in [-0.2, -0.15) is 0 Å². The van der Waals surface area contributed by atoms with Gasteiger partial charge >= 0.3 is 0 Å². The van der Waals surface area contributed by atoms with Crippen molar-refractivity contribution >= 4 is 19.4 Å². The van der Waals surface area contributed by atoms with Crippen molar-refractivity contribution in [1.29, 1.82) is 0 Å². The number of rotatable bonds is 15. The number of aryl methyl sites for hydroxylation is 1. The molecule has 0 radical (unpaired) electrons. The fourth-order valence-corrected chi connectivity index (χ4v) is 4.63. The molecular weight excluding hydrogens is 412 g/mol. The molecule has 0 fully saturated rings. The zero-order valence-electron chi connectivity index (χ0n) is 21.5. The Morgan fingerprint density at radius 1 is 0.719 bits per heavy atom. The van der Waals surface area contributed by atoms with E-state index in [-0.39, 0.29) is 0 Å². The summed E-state index contributed by atoms with van der Waals surface area (Å²) in [6.07, 6.45) is 12.9. The topological polar surface area (TPSA) is 44.2 Å². The van der Waals surface area contributed by atoms with Gasteiger partial charge < -0.3 is 9.16 Å². The summed E-state index contributed by atoms with van der Waals surface area (Å²) in [7, 11) is -1.55. The van der Waals surface area contributed by atoms with Gasteiger partial charge in [0.2, 0.25) is 5.88 Å². The number of aromatic nitrogens is 2. The summed E-state index contributed by atoms with van der Waals surface area (Å²) in [5, 5.41) is 0.322. The van der Waals surface area contributed by atoms with Crippen molar-refractivity contribution in [3.63, 3.8) is 0 Å². The highest BCUT2D eigenvalue weighted by Gasteiger charge is 2.36. The first-order chi connectivity index (χ1) is 15.2. The zero-order chi connectivity index (χ0) is 23.5. The number of benzene rings is 1. The number of ether oxygens (including phenoxy) is 1. The average molecular weight is 459 g/mol. The van der Waals surface area contributed by atoms with Crippen LogP contribution in [0.3, 0.4) is 0 Å². The van der Waals surface area contributed by atoms with Crippen molar-refractivity contribution in [2.75, 3.05) is 13.2 Å². The molecule has 0 aliphatic heterocycles. The molecule has 0 unspecified atom stereocenters. The second kappa shape index (κ2) is 13.3. The van der Waals surface area contributed by atoms with Crippen LogP contribution in [0.15, 0.2) is 24.3 Å². The summed E-state index contributed by atoms with van der Waals surface area (Å²) in [4.78, 5) is 9.18. The molecule has 0 bridgehead atoms. The molecule has 0 amide bonds. The molecular formula is C27H46N2O2Si. The Balaban J connectivity index is 1.42. The maximum atomic E-state index is 6.26. The van der Waals surface area contributed by atoms with Crippen molar-refractivity contribution in [1.82, 2.24) is 9.97 Å². The fraction of sp³-hybridized carbons (Fsp3) is 0.704. The minimum atomic E-state index is -1.55. The predicted molar refractivity (Wildman–Crippen MR) is 139 cm³/mol. The van der Waals surface area contributed by atoms with E-state index in [1.807, 2.05) is 31.2 Å². The van der Waals surface area contributed by atoms with Crippen LogP contribution in [0.1, 0.15) is 90.7 Å². The molecule has 1 aromatic heterocycles. The SMILES string of the molecule is Cc1nc2ccccc2nc1OCCCCCCCCCCCCO[Si](C)(C)C(C)(C)C. The Labute approximate surface area is 197 Å². The first-order valence-corrected chi connectivity index (χ1v) is 15.6. The Morgan fingerprint density at radius 2 is 1.19 bits per heavy atom. The van der Waals surface area contributed by atoms with E-state index in [0.717, 1.165) is 36.4 Å².